The van der Waals surface area contributed by atoms with E-state index in [1.807, 2.05) is 13.8 Å². The van der Waals surface area contributed by atoms with Gasteiger partial charge in [-0.05, 0) is 0 Å². The van der Waals surface area contributed by atoms with Crippen LogP contribution in [0.15, 0.2) is 0 Å². The van der Waals surface area contributed by atoms with E-state index in [0.717, 1.165) is 0 Å². The highest BCUT2D eigenvalue weighted by Gasteiger charge is 2.36. The average molecular weight is 156 g/mol. The number of ketones is 1. The fourth-order valence-electron chi connectivity index (χ4n) is 0.200. The van der Waals surface area contributed by atoms with Crippen LogP contribution in [0.3, 0.4) is 0 Å². The van der Waals surface area contributed by atoms with Gasteiger partial charge in [0.15, 0.2) is 0 Å². The summed E-state index contributed by atoms with van der Waals surface area (Å²) in [5.41, 5.74) is 0. The first-order valence-electron chi connectivity index (χ1n) is 3.08. The highest BCUT2D eigenvalue weighted by molar-refractivity contribution is 5.83. The maximum Gasteiger partial charge on any atom is 0.449 e. The summed E-state index contributed by atoms with van der Waals surface area (Å²) < 4.78 is 33.3. The Bertz CT molecular complexity index is 95.7. The predicted molar refractivity (Wildman–Crippen MR) is 32.7 cm³/mol. The number of hydrogen-bond acceptors (Lipinski definition) is 1. The van der Waals surface area contributed by atoms with Crippen LogP contribution in [-0.2, 0) is 4.79 Å². The summed E-state index contributed by atoms with van der Waals surface area (Å²) in [7, 11) is 0. The second-order valence-corrected chi connectivity index (χ2v) is 1.27. The Balaban J connectivity index is 0. The van der Waals surface area contributed by atoms with Crippen LogP contribution in [0.25, 0.3) is 0 Å². The van der Waals surface area contributed by atoms with Crippen molar-refractivity contribution in [2.24, 2.45) is 0 Å². The predicted octanol–water partition coefficient (Wildman–Crippen LogP) is 2.55. The molecule has 0 spiro atoms. The van der Waals surface area contributed by atoms with E-state index < -0.39 is 18.4 Å². The van der Waals surface area contributed by atoms with Crippen LogP contribution in [0.1, 0.15) is 27.2 Å². The number of carbonyl (C=O) groups excluding carboxylic acids is 1. The molecule has 0 aromatic rings. The number of hydrogen-bond donors (Lipinski definition) is 0. The molecule has 0 saturated heterocycles. The van der Waals surface area contributed by atoms with Crippen LogP contribution < -0.4 is 0 Å². The van der Waals surface area contributed by atoms with Gasteiger partial charge in [0.1, 0.15) is 0 Å². The van der Waals surface area contributed by atoms with Gasteiger partial charge in [-0.15, -0.1) is 0 Å². The van der Waals surface area contributed by atoms with Crippen molar-refractivity contribution in [3.63, 3.8) is 0 Å². The Labute approximate surface area is 58.2 Å². The first-order chi connectivity index (χ1) is 4.48. The second kappa shape index (κ2) is 5.26. The molecule has 0 saturated carbocycles. The number of halogens is 3. The first-order valence-corrected chi connectivity index (χ1v) is 3.08. The minimum Gasteiger partial charge on any atom is -0.290 e. The third-order valence-corrected chi connectivity index (χ3v) is 0.637. The highest BCUT2D eigenvalue weighted by Crippen LogP contribution is 2.16. The van der Waals surface area contributed by atoms with Crippen LogP contribution in [0, 0.1) is 0 Å². The normalized spacial score (nSPS) is 9.80. The second-order valence-electron chi connectivity index (χ2n) is 1.27. The quantitative estimate of drug-likeness (QED) is 0.570. The lowest BCUT2D eigenvalue weighted by molar-refractivity contribution is -0.170. The van der Waals surface area contributed by atoms with Gasteiger partial charge in [-0.25, -0.2) is 0 Å². The molecule has 62 valence electrons. The van der Waals surface area contributed by atoms with Crippen molar-refractivity contribution in [3.05, 3.63) is 0 Å². The third kappa shape index (κ3) is 5.59. The van der Waals surface area contributed by atoms with Crippen LogP contribution in [0.2, 0.25) is 0 Å². The summed E-state index contributed by atoms with van der Waals surface area (Å²) in [6.45, 7) is 5.18. The van der Waals surface area contributed by atoms with Crippen LogP contribution in [-0.4, -0.2) is 12.0 Å². The van der Waals surface area contributed by atoms with Gasteiger partial charge in [0.2, 0.25) is 5.78 Å². The summed E-state index contributed by atoms with van der Waals surface area (Å²) in [5.74, 6) is -1.67. The zero-order valence-corrected chi connectivity index (χ0v) is 6.25. The van der Waals surface area contributed by atoms with Crippen molar-refractivity contribution in [2.45, 2.75) is 33.4 Å². The van der Waals surface area contributed by atoms with Crippen molar-refractivity contribution < 1.29 is 18.0 Å². The Morgan fingerprint density at radius 3 is 1.60 bits per heavy atom. The van der Waals surface area contributed by atoms with Gasteiger partial charge in [-0.1, -0.05) is 20.8 Å². The Hall–Kier alpha value is -0.540. The maximum absolute atomic E-state index is 11.1. The van der Waals surface area contributed by atoms with E-state index in [9.17, 15) is 18.0 Å². The van der Waals surface area contributed by atoms with E-state index in [2.05, 4.69) is 0 Å². The molecule has 0 bridgehead atoms. The molecule has 0 aliphatic rings. The lowest BCUT2D eigenvalue weighted by atomic mass is 10.3. The SMILES string of the molecule is CC.CCC(=O)C(F)(F)F. The first kappa shape index (κ1) is 12.2. The van der Waals surface area contributed by atoms with Crippen molar-refractivity contribution in [1.82, 2.24) is 0 Å². The van der Waals surface area contributed by atoms with Gasteiger partial charge in [0.05, 0.1) is 0 Å². The smallest absolute Gasteiger partial charge is 0.290 e. The van der Waals surface area contributed by atoms with E-state index in [0.29, 0.717) is 0 Å². The summed E-state index contributed by atoms with van der Waals surface area (Å²) in [6.07, 6.45) is -5.10. The molecule has 0 aliphatic carbocycles. The fraction of sp³-hybridized carbons (Fsp3) is 0.833. The summed E-state index contributed by atoms with van der Waals surface area (Å²) in [5, 5.41) is 0. The molecule has 0 N–H and O–H groups in total. The van der Waals surface area contributed by atoms with Crippen molar-refractivity contribution in [2.75, 3.05) is 0 Å². The van der Waals surface area contributed by atoms with Crippen LogP contribution >= 0.6 is 0 Å². The molecular weight excluding hydrogens is 145 g/mol. The zero-order valence-electron chi connectivity index (χ0n) is 6.25. The molecule has 0 radical (unpaired) electrons. The molecular formula is C6H11F3O. The maximum atomic E-state index is 11.1. The molecule has 0 amide bonds. The summed E-state index contributed by atoms with van der Waals surface area (Å²) >= 11 is 0. The van der Waals surface area contributed by atoms with Gasteiger partial charge < -0.3 is 0 Å². The van der Waals surface area contributed by atoms with Crippen LogP contribution in [0.4, 0.5) is 13.2 Å². The number of alkyl halides is 3. The van der Waals surface area contributed by atoms with E-state index >= 15 is 0 Å². The number of rotatable bonds is 1. The molecule has 0 aromatic carbocycles. The van der Waals surface area contributed by atoms with E-state index in [1.54, 1.807) is 0 Å². The van der Waals surface area contributed by atoms with Crippen molar-refractivity contribution >= 4 is 5.78 Å². The largest absolute Gasteiger partial charge is 0.449 e. The van der Waals surface area contributed by atoms with Gasteiger partial charge in [-0.3, -0.25) is 4.79 Å². The number of Topliss-reactive ketones (excluding diaryl/α,β-unsaturated/α-hetero) is 1. The molecule has 0 unspecified atom stereocenters. The minimum atomic E-state index is -4.63. The molecule has 0 aromatic heterocycles. The Morgan fingerprint density at radius 2 is 1.60 bits per heavy atom. The fourth-order valence-corrected chi connectivity index (χ4v) is 0.200. The highest BCUT2D eigenvalue weighted by atomic mass is 19.4. The minimum absolute atomic E-state index is 0.469. The summed E-state index contributed by atoms with van der Waals surface area (Å²) in [6, 6.07) is 0. The lowest BCUT2D eigenvalue weighted by Gasteiger charge is -1.99. The average Bonchev–Trinajstić information content (AvgIpc) is 1.89. The summed E-state index contributed by atoms with van der Waals surface area (Å²) in [4.78, 5) is 9.71. The molecule has 0 heterocycles. The van der Waals surface area contributed by atoms with E-state index in [4.69, 9.17) is 0 Å². The van der Waals surface area contributed by atoms with Crippen molar-refractivity contribution in [1.29, 1.82) is 0 Å². The molecule has 0 fully saturated rings. The lowest BCUT2D eigenvalue weighted by Crippen LogP contribution is -2.20. The zero-order chi connectivity index (χ0) is 8.78. The third-order valence-electron chi connectivity index (χ3n) is 0.637. The van der Waals surface area contributed by atoms with Crippen molar-refractivity contribution in [3.8, 4) is 0 Å². The topological polar surface area (TPSA) is 17.1 Å². The molecule has 0 atom stereocenters. The molecule has 1 nitrogen and oxygen atoms in total. The van der Waals surface area contributed by atoms with Gasteiger partial charge in [0, 0.05) is 6.42 Å². The number of carbonyl (C=O) groups is 1. The van der Waals surface area contributed by atoms with Gasteiger partial charge in [-0.2, -0.15) is 13.2 Å². The Kier molecular flexibility index (Phi) is 6.40. The van der Waals surface area contributed by atoms with Gasteiger partial charge >= 0.3 is 6.18 Å². The molecule has 4 heteroatoms. The van der Waals surface area contributed by atoms with Gasteiger partial charge in [0.25, 0.3) is 0 Å². The van der Waals surface area contributed by atoms with Crippen LogP contribution in [0.5, 0.6) is 0 Å². The molecule has 0 rings (SSSR count). The van der Waals surface area contributed by atoms with E-state index in [1.165, 1.54) is 6.92 Å². The van der Waals surface area contributed by atoms with E-state index in [-0.39, 0.29) is 0 Å². The standard InChI is InChI=1S/C4H5F3O.C2H6/c1-2-3(8)4(5,6)7;1-2/h2H2,1H3;1-2H3. The molecule has 10 heavy (non-hydrogen) atoms. The molecule has 0 aliphatic heterocycles. The Morgan fingerprint density at radius 1 is 1.30 bits per heavy atom. The monoisotopic (exact) mass is 156 g/mol.